The summed E-state index contributed by atoms with van der Waals surface area (Å²) in [5.41, 5.74) is 0.655. The fourth-order valence-electron chi connectivity index (χ4n) is 0.533. The highest BCUT2D eigenvalue weighted by atomic mass is 35.5. The molecule has 0 N–H and O–H groups in total. The van der Waals surface area contributed by atoms with Gasteiger partial charge in [-0.1, -0.05) is 5.92 Å². The highest BCUT2D eigenvalue weighted by molar-refractivity contribution is 6.28. The van der Waals surface area contributed by atoms with Gasteiger partial charge in [-0.3, -0.25) is 0 Å². The molecule has 0 aromatic carbocycles. The van der Waals surface area contributed by atoms with Crippen LogP contribution in [0.15, 0.2) is 12.3 Å². The molecule has 0 atom stereocenters. The van der Waals surface area contributed by atoms with Crippen molar-refractivity contribution in [3.05, 3.63) is 23.2 Å². The Morgan fingerprint density at radius 1 is 1.60 bits per heavy atom. The predicted octanol–water partition coefficient (Wildman–Crippen LogP) is 1.50. The molecule has 0 amide bonds. The molecule has 0 saturated carbocycles. The quantitative estimate of drug-likeness (QED) is 0.416. The molecule has 2 nitrogen and oxygen atoms in total. The fraction of sp³-hybridized carbons (Fsp3) is 0.143. The van der Waals surface area contributed by atoms with E-state index >= 15 is 0 Å². The number of aromatic nitrogens is 2. The van der Waals surface area contributed by atoms with Gasteiger partial charge < -0.3 is 0 Å². The van der Waals surface area contributed by atoms with Gasteiger partial charge in [0.15, 0.2) is 0 Å². The van der Waals surface area contributed by atoms with Crippen molar-refractivity contribution in [1.82, 2.24) is 9.97 Å². The first-order valence-corrected chi connectivity index (χ1v) is 3.12. The van der Waals surface area contributed by atoms with Crippen LogP contribution >= 0.6 is 11.6 Å². The summed E-state index contributed by atoms with van der Waals surface area (Å²) in [6.07, 6.45) is 1.58. The SMILES string of the molecule is CC#Cc1ccnc(Cl)n1. The maximum absolute atomic E-state index is 5.49. The van der Waals surface area contributed by atoms with Gasteiger partial charge in [-0.05, 0) is 30.5 Å². The lowest BCUT2D eigenvalue weighted by Crippen LogP contribution is -1.84. The van der Waals surface area contributed by atoms with Gasteiger partial charge in [0.1, 0.15) is 5.69 Å². The summed E-state index contributed by atoms with van der Waals surface area (Å²) < 4.78 is 0. The van der Waals surface area contributed by atoms with Gasteiger partial charge >= 0.3 is 0 Å². The standard InChI is InChI=1S/C7H5ClN2/c1-2-3-6-4-5-9-7(8)10-6/h4-5H,1H3. The van der Waals surface area contributed by atoms with Gasteiger partial charge in [-0.25, -0.2) is 9.97 Å². The first-order valence-electron chi connectivity index (χ1n) is 2.74. The predicted molar refractivity (Wildman–Crippen MR) is 39.6 cm³/mol. The topological polar surface area (TPSA) is 25.8 Å². The van der Waals surface area contributed by atoms with Crippen LogP contribution in [0.25, 0.3) is 0 Å². The molecule has 0 fully saturated rings. The molecule has 1 aromatic heterocycles. The molecule has 0 bridgehead atoms. The summed E-state index contributed by atoms with van der Waals surface area (Å²) >= 11 is 5.49. The van der Waals surface area contributed by atoms with Crippen molar-refractivity contribution in [1.29, 1.82) is 0 Å². The van der Waals surface area contributed by atoms with Gasteiger partial charge in [0.25, 0.3) is 0 Å². The van der Waals surface area contributed by atoms with Crippen LogP contribution in [0.2, 0.25) is 5.28 Å². The second kappa shape index (κ2) is 3.19. The zero-order chi connectivity index (χ0) is 7.40. The summed E-state index contributed by atoms with van der Waals surface area (Å²) in [6, 6.07) is 1.71. The Morgan fingerprint density at radius 3 is 3.00 bits per heavy atom. The van der Waals surface area contributed by atoms with Gasteiger partial charge in [0, 0.05) is 6.20 Å². The smallest absolute Gasteiger partial charge is 0.223 e. The van der Waals surface area contributed by atoms with Crippen molar-refractivity contribution < 1.29 is 0 Å². The average Bonchev–Trinajstić information content (AvgIpc) is 1.88. The van der Waals surface area contributed by atoms with Gasteiger partial charge in [0.2, 0.25) is 5.28 Å². The zero-order valence-corrected chi connectivity index (χ0v) is 6.18. The maximum Gasteiger partial charge on any atom is 0.223 e. The Hall–Kier alpha value is -1.07. The third-order valence-electron chi connectivity index (χ3n) is 0.879. The molecule has 0 saturated heterocycles. The fourth-order valence-corrected chi connectivity index (χ4v) is 0.680. The number of hydrogen-bond acceptors (Lipinski definition) is 2. The first-order chi connectivity index (χ1) is 4.83. The molecule has 1 heterocycles. The van der Waals surface area contributed by atoms with Crippen LogP contribution in [0.4, 0.5) is 0 Å². The van der Waals surface area contributed by atoms with Crippen LogP contribution < -0.4 is 0 Å². The van der Waals surface area contributed by atoms with Crippen LogP contribution in [0.3, 0.4) is 0 Å². The Kier molecular flexibility index (Phi) is 2.24. The van der Waals surface area contributed by atoms with E-state index in [0.29, 0.717) is 5.69 Å². The van der Waals surface area contributed by atoms with Crippen LogP contribution in [-0.4, -0.2) is 9.97 Å². The third kappa shape index (κ3) is 1.71. The molecule has 1 aromatic rings. The number of hydrogen-bond donors (Lipinski definition) is 0. The minimum Gasteiger partial charge on any atom is -0.226 e. The van der Waals surface area contributed by atoms with E-state index in [1.807, 2.05) is 0 Å². The van der Waals surface area contributed by atoms with E-state index in [1.165, 1.54) is 0 Å². The monoisotopic (exact) mass is 152 g/mol. The van der Waals surface area contributed by atoms with Crippen molar-refractivity contribution in [2.24, 2.45) is 0 Å². The average molecular weight is 153 g/mol. The van der Waals surface area contributed by atoms with Crippen molar-refractivity contribution in [3.63, 3.8) is 0 Å². The molecule has 0 aliphatic carbocycles. The van der Waals surface area contributed by atoms with E-state index in [2.05, 4.69) is 21.8 Å². The van der Waals surface area contributed by atoms with Gasteiger partial charge in [-0.2, -0.15) is 0 Å². The highest BCUT2D eigenvalue weighted by Crippen LogP contribution is 1.98. The molecule has 0 aliphatic heterocycles. The molecule has 10 heavy (non-hydrogen) atoms. The lowest BCUT2D eigenvalue weighted by Gasteiger charge is -1.87. The van der Waals surface area contributed by atoms with Gasteiger partial charge in [0.05, 0.1) is 0 Å². The highest BCUT2D eigenvalue weighted by Gasteiger charge is 1.89. The van der Waals surface area contributed by atoms with Crippen LogP contribution in [0.5, 0.6) is 0 Å². The van der Waals surface area contributed by atoms with Crippen molar-refractivity contribution in [3.8, 4) is 11.8 Å². The minimum atomic E-state index is 0.236. The summed E-state index contributed by atoms with van der Waals surface area (Å²) in [6.45, 7) is 1.75. The summed E-state index contributed by atoms with van der Waals surface area (Å²) in [4.78, 5) is 7.55. The summed E-state index contributed by atoms with van der Waals surface area (Å²) in [7, 11) is 0. The van der Waals surface area contributed by atoms with Crippen molar-refractivity contribution in [2.75, 3.05) is 0 Å². The first kappa shape index (κ1) is 7.04. The molecule has 0 aliphatic rings. The van der Waals surface area contributed by atoms with Crippen molar-refractivity contribution in [2.45, 2.75) is 6.92 Å². The summed E-state index contributed by atoms with van der Waals surface area (Å²) in [5.74, 6) is 5.48. The Balaban J connectivity index is 3.03. The molecule has 0 radical (unpaired) electrons. The normalized spacial score (nSPS) is 8.20. The van der Waals surface area contributed by atoms with E-state index in [0.717, 1.165) is 0 Å². The molecule has 0 spiro atoms. The van der Waals surface area contributed by atoms with Gasteiger partial charge in [-0.15, -0.1) is 0 Å². The second-order valence-electron chi connectivity index (χ2n) is 1.59. The van der Waals surface area contributed by atoms with Crippen LogP contribution in [0.1, 0.15) is 12.6 Å². The maximum atomic E-state index is 5.49. The van der Waals surface area contributed by atoms with E-state index in [9.17, 15) is 0 Å². The molecular formula is C7H5ClN2. The third-order valence-corrected chi connectivity index (χ3v) is 1.06. The Bertz CT molecular complexity index is 285. The van der Waals surface area contributed by atoms with Crippen molar-refractivity contribution >= 4 is 11.6 Å². The number of halogens is 1. The molecule has 0 unspecified atom stereocenters. The van der Waals surface area contributed by atoms with Crippen LogP contribution in [-0.2, 0) is 0 Å². The minimum absolute atomic E-state index is 0.236. The Morgan fingerprint density at radius 2 is 2.40 bits per heavy atom. The number of nitrogens with zero attached hydrogens (tertiary/aromatic N) is 2. The molecule has 1 rings (SSSR count). The van der Waals surface area contributed by atoms with Crippen LogP contribution in [0, 0.1) is 11.8 Å². The van der Waals surface area contributed by atoms with E-state index in [4.69, 9.17) is 11.6 Å². The molecule has 3 heteroatoms. The molecule has 50 valence electrons. The second-order valence-corrected chi connectivity index (χ2v) is 1.92. The Labute approximate surface area is 64.3 Å². The van der Waals surface area contributed by atoms with E-state index in [-0.39, 0.29) is 5.28 Å². The zero-order valence-electron chi connectivity index (χ0n) is 5.43. The van der Waals surface area contributed by atoms with E-state index in [1.54, 1.807) is 19.2 Å². The van der Waals surface area contributed by atoms with E-state index < -0.39 is 0 Å². The largest absolute Gasteiger partial charge is 0.226 e. The summed E-state index contributed by atoms with van der Waals surface area (Å²) in [5, 5.41) is 0.236. The number of rotatable bonds is 0. The molecular weight excluding hydrogens is 148 g/mol. The lowest BCUT2D eigenvalue weighted by atomic mass is 10.4. The lowest BCUT2D eigenvalue weighted by molar-refractivity contribution is 1.15.